The highest BCUT2D eigenvalue weighted by Gasteiger charge is 2.16. The first-order chi connectivity index (χ1) is 11.4. The minimum absolute atomic E-state index is 0.0729. The van der Waals surface area contributed by atoms with Crippen LogP contribution in [0.4, 0.5) is 11.4 Å². The van der Waals surface area contributed by atoms with E-state index < -0.39 is 0 Å². The summed E-state index contributed by atoms with van der Waals surface area (Å²) in [6.45, 7) is 4.72. The number of benzene rings is 2. The van der Waals surface area contributed by atoms with E-state index in [1.54, 1.807) is 30.3 Å². The molecule has 0 atom stereocenters. The second-order valence-corrected chi connectivity index (χ2v) is 5.63. The van der Waals surface area contributed by atoms with E-state index in [1.165, 1.54) is 18.7 Å². The Labute approximate surface area is 141 Å². The predicted octanol–water partition coefficient (Wildman–Crippen LogP) is 3.19. The Morgan fingerprint density at radius 2 is 1.71 bits per heavy atom. The monoisotopic (exact) mass is 324 g/mol. The number of carbonyl (C=O) groups is 3. The van der Waals surface area contributed by atoms with Gasteiger partial charge >= 0.3 is 0 Å². The molecule has 0 fully saturated rings. The summed E-state index contributed by atoms with van der Waals surface area (Å²) in [6.07, 6.45) is 0. The molecule has 0 unspecified atom stereocenters. The van der Waals surface area contributed by atoms with Gasteiger partial charge in [-0.15, -0.1) is 0 Å². The number of hydrogen-bond donors (Lipinski definition) is 1. The molecule has 0 aliphatic heterocycles. The molecule has 124 valence electrons. The molecule has 0 aliphatic carbocycles. The normalized spacial score (nSPS) is 10.1. The number of amides is 2. The van der Waals surface area contributed by atoms with Crippen molar-refractivity contribution in [1.29, 1.82) is 0 Å². The lowest BCUT2D eigenvalue weighted by Crippen LogP contribution is -2.36. The highest BCUT2D eigenvalue weighted by Crippen LogP contribution is 2.17. The molecule has 24 heavy (non-hydrogen) atoms. The van der Waals surface area contributed by atoms with Crippen LogP contribution in [0.3, 0.4) is 0 Å². The van der Waals surface area contributed by atoms with E-state index in [0.29, 0.717) is 16.9 Å². The summed E-state index contributed by atoms with van der Waals surface area (Å²) >= 11 is 0. The van der Waals surface area contributed by atoms with Crippen molar-refractivity contribution in [3.8, 4) is 0 Å². The zero-order valence-corrected chi connectivity index (χ0v) is 14.0. The van der Waals surface area contributed by atoms with E-state index >= 15 is 0 Å². The molecule has 0 radical (unpaired) electrons. The summed E-state index contributed by atoms with van der Waals surface area (Å²) in [5, 5.41) is 2.72. The van der Waals surface area contributed by atoms with Crippen LogP contribution in [0, 0.1) is 6.92 Å². The Kier molecular flexibility index (Phi) is 5.47. The fourth-order valence-corrected chi connectivity index (χ4v) is 2.34. The molecule has 0 heterocycles. The SMILES string of the molecule is CC(=O)c1cccc(NC(=O)CN(C(C)=O)c2cccc(C)c2)c1. The van der Waals surface area contributed by atoms with E-state index in [1.807, 2.05) is 25.1 Å². The molecule has 0 aromatic heterocycles. The van der Waals surface area contributed by atoms with Gasteiger partial charge in [0.05, 0.1) is 0 Å². The van der Waals surface area contributed by atoms with Gasteiger partial charge < -0.3 is 10.2 Å². The lowest BCUT2D eigenvalue weighted by atomic mass is 10.1. The molecular formula is C19H20N2O3. The summed E-state index contributed by atoms with van der Waals surface area (Å²) in [7, 11) is 0. The van der Waals surface area contributed by atoms with Crippen molar-refractivity contribution in [3.05, 3.63) is 59.7 Å². The van der Waals surface area contributed by atoms with E-state index in [-0.39, 0.29) is 24.1 Å². The maximum absolute atomic E-state index is 12.3. The fraction of sp³-hybridized carbons (Fsp3) is 0.211. The smallest absolute Gasteiger partial charge is 0.244 e. The number of anilines is 2. The third kappa shape index (κ3) is 4.52. The Morgan fingerprint density at radius 3 is 2.33 bits per heavy atom. The van der Waals surface area contributed by atoms with E-state index in [2.05, 4.69) is 5.32 Å². The van der Waals surface area contributed by atoms with Crippen LogP contribution >= 0.6 is 0 Å². The molecule has 2 aromatic carbocycles. The van der Waals surface area contributed by atoms with E-state index in [0.717, 1.165) is 5.56 Å². The summed E-state index contributed by atoms with van der Waals surface area (Å²) in [6, 6.07) is 14.1. The minimum atomic E-state index is -0.326. The molecule has 5 heteroatoms. The maximum Gasteiger partial charge on any atom is 0.244 e. The molecule has 0 spiro atoms. The van der Waals surface area contributed by atoms with Crippen molar-refractivity contribution >= 4 is 29.0 Å². The van der Waals surface area contributed by atoms with Gasteiger partial charge in [0, 0.05) is 23.9 Å². The van der Waals surface area contributed by atoms with Gasteiger partial charge in [0.25, 0.3) is 0 Å². The summed E-state index contributed by atoms with van der Waals surface area (Å²) in [5.41, 5.74) is 2.74. The lowest BCUT2D eigenvalue weighted by Gasteiger charge is -2.21. The third-order valence-electron chi connectivity index (χ3n) is 3.55. The minimum Gasteiger partial charge on any atom is -0.325 e. The maximum atomic E-state index is 12.3. The van der Waals surface area contributed by atoms with Gasteiger partial charge in [-0.1, -0.05) is 24.3 Å². The van der Waals surface area contributed by atoms with Crippen LogP contribution in [0.25, 0.3) is 0 Å². The predicted molar refractivity (Wildman–Crippen MR) is 94.3 cm³/mol. The number of carbonyl (C=O) groups excluding carboxylic acids is 3. The number of nitrogens with one attached hydrogen (secondary N) is 1. The fourth-order valence-electron chi connectivity index (χ4n) is 2.34. The largest absolute Gasteiger partial charge is 0.325 e. The molecule has 0 aliphatic rings. The van der Waals surface area contributed by atoms with Crippen molar-refractivity contribution in [2.45, 2.75) is 20.8 Å². The number of ketones is 1. The molecule has 0 bridgehead atoms. The van der Waals surface area contributed by atoms with Crippen molar-refractivity contribution in [3.63, 3.8) is 0 Å². The Hall–Kier alpha value is -2.95. The molecule has 2 aromatic rings. The third-order valence-corrected chi connectivity index (χ3v) is 3.55. The van der Waals surface area contributed by atoms with Gasteiger partial charge in [-0.05, 0) is 43.7 Å². The highest BCUT2D eigenvalue weighted by molar-refractivity contribution is 6.02. The van der Waals surface area contributed by atoms with Crippen molar-refractivity contribution in [2.75, 3.05) is 16.8 Å². The number of rotatable bonds is 5. The van der Waals surface area contributed by atoms with Crippen LogP contribution in [0.5, 0.6) is 0 Å². The standard InChI is InChI=1S/C19H20N2O3/c1-13-6-4-9-18(10-13)21(15(3)23)12-19(24)20-17-8-5-7-16(11-17)14(2)22/h4-11H,12H2,1-3H3,(H,20,24). The topological polar surface area (TPSA) is 66.5 Å². The first kappa shape index (κ1) is 17.4. The van der Waals surface area contributed by atoms with Crippen molar-refractivity contribution < 1.29 is 14.4 Å². The van der Waals surface area contributed by atoms with E-state index in [9.17, 15) is 14.4 Å². The van der Waals surface area contributed by atoms with E-state index in [4.69, 9.17) is 0 Å². The molecule has 0 saturated carbocycles. The number of nitrogens with zero attached hydrogens (tertiary/aromatic N) is 1. The first-order valence-corrected chi connectivity index (χ1v) is 7.62. The van der Waals surface area contributed by atoms with Crippen LogP contribution in [0.2, 0.25) is 0 Å². The van der Waals surface area contributed by atoms with Crippen LogP contribution in [-0.4, -0.2) is 24.1 Å². The van der Waals surface area contributed by atoms with Crippen LogP contribution in [-0.2, 0) is 9.59 Å². The number of aryl methyl sites for hydroxylation is 1. The molecular weight excluding hydrogens is 304 g/mol. The number of Topliss-reactive ketones (excluding diaryl/α,β-unsaturated/α-hetero) is 1. The van der Waals surface area contributed by atoms with Crippen LogP contribution < -0.4 is 10.2 Å². The average Bonchev–Trinajstić information content (AvgIpc) is 2.52. The Bertz CT molecular complexity index is 784. The number of hydrogen-bond acceptors (Lipinski definition) is 3. The summed E-state index contributed by atoms with van der Waals surface area (Å²) < 4.78 is 0. The van der Waals surface area contributed by atoms with Crippen molar-refractivity contribution in [1.82, 2.24) is 0 Å². The molecule has 0 saturated heterocycles. The lowest BCUT2D eigenvalue weighted by molar-refractivity contribution is -0.120. The molecule has 2 rings (SSSR count). The quantitative estimate of drug-likeness (QED) is 0.859. The Morgan fingerprint density at radius 1 is 1.00 bits per heavy atom. The van der Waals surface area contributed by atoms with Crippen molar-refractivity contribution in [2.24, 2.45) is 0 Å². The molecule has 2 amide bonds. The zero-order chi connectivity index (χ0) is 17.7. The van der Waals surface area contributed by atoms with Gasteiger partial charge in [-0.25, -0.2) is 0 Å². The van der Waals surface area contributed by atoms with Gasteiger partial charge in [0.2, 0.25) is 11.8 Å². The average molecular weight is 324 g/mol. The first-order valence-electron chi connectivity index (χ1n) is 7.62. The second-order valence-electron chi connectivity index (χ2n) is 5.63. The summed E-state index contributed by atoms with van der Waals surface area (Å²) in [5.74, 6) is -0.614. The Balaban J connectivity index is 2.13. The second kappa shape index (κ2) is 7.55. The van der Waals surface area contributed by atoms with Gasteiger partial charge in [0.15, 0.2) is 5.78 Å². The van der Waals surface area contributed by atoms with Crippen LogP contribution in [0.15, 0.2) is 48.5 Å². The summed E-state index contributed by atoms with van der Waals surface area (Å²) in [4.78, 5) is 37.0. The zero-order valence-electron chi connectivity index (χ0n) is 14.0. The van der Waals surface area contributed by atoms with Crippen LogP contribution in [0.1, 0.15) is 29.8 Å². The highest BCUT2D eigenvalue weighted by atomic mass is 16.2. The van der Waals surface area contributed by atoms with Gasteiger partial charge in [0.1, 0.15) is 6.54 Å². The van der Waals surface area contributed by atoms with Gasteiger partial charge in [-0.3, -0.25) is 14.4 Å². The van der Waals surface area contributed by atoms with Gasteiger partial charge in [-0.2, -0.15) is 0 Å². The molecule has 5 nitrogen and oxygen atoms in total. The molecule has 1 N–H and O–H groups in total.